The lowest BCUT2D eigenvalue weighted by Crippen LogP contribution is -2.05. The number of alkyl halides is 1. The van der Waals surface area contributed by atoms with Crippen LogP contribution in [-0.2, 0) is 0 Å². The molecular formula is C17H20ClN3O3. The molecule has 1 aromatic carbocycles. The second-order valence-electron chi connectivity index (χ2n) is 4.91. The molecule has 24 heavy (non-hydrogen) atoms. The van der Waals surface area contributed by atoms with E-state index < -0.39 is 0 Å². The quantitative estimate of drug-likeness (QED) is 0.340. The van der Waals surface area contributed by atoms with Crippen LogP contribution in [0.5, 0.6) is 17.4 Å². The van der Waals surface area contributed by atoms with Crippen LogP contribution in [0.15, 0.2) is 42.6 Å². The Hall–Kier alpha value is -2.47. The number of fused-ring (bicyclic) bond motifs is 1. The average Bonchev–Trinajstić information content (AvgIpc) is 2.60. The zero-order valence-electron chi connectivity index (χ0n) is 13.7. The van der Waals surface area contributed by atoms with Crippen LogP contribution in [0.3, 0.4) is 0 Å². The summed E-state index contributed by atoms with van der Waals surface area (Å²) in [6, 6.07) is 3.56. The highest BCUT2D eigenvalue weighted by atomic mass is 35.5. The molecule has 0 aliphatic carbocycles. The molecule has 0 aliphatic rings. The average molecular weight is 350 g/mol. The maximum atomic E-state index is 5.79. The Morgan fingerprint density at radius 1 is 1.33 bits per heavy atom. The molecule has 6 nitrogen and oxygen atoms in total. The lowest BCUT2D eigenvalue weighted by Gasteiger charge is -2.13. The van der Waals surface area contributed by atoms with Gasteiger partial charge in [0.15, 0.2) is 11.5 Å². The summed E-state index contributed by atoms with van der Waals surface area (Å²) >= 11 is 5.67. The highest BCUT2D eigenvalue weighted by Crippen LogP contribution is 2.35. The molecule has 0 fully saturated rings. The van der Waals surface area contributed by atoms with Crippen molar-refractivity contribution in [1.29, 1.82) is 0 Å². The van der Waals surface area contributed by atoms with E-state index in [2.05, 4.69) is 16.5 Å². The van der Waals surface area contributed by atoms with Crippen LogP contribution in [0, 0.1) is 0 Å². The number of ether oxygens (including phenoxy) is 3. The van der Waals surface area contributed by atoms with Crippen LogP contribution in [0.25, 0.3) is 10.9 Å². The molecule has 2 rings (SSSR count). The SMILES string of the molecule is C=C/C(N)=C(/C)Oc1ncnc2cc(OCCCCl)c(OC)cc12. The van der Waals surface area contributed by atoms with Gasteiger partial charge in [-0.15, -0.1) is 11.6 Å². The zero-order valence-corrected chi connectivity index (χ0v) is 14.5. The number of allylic oxidation sites excluding steroid dienone is 2. The second-order valence-corrected chi connectivity index (χ2v) is 5.29. The van der Waals surface area contributed by atoms with Gasteiger partial charge in [0.25, 0.3) is 0 Å². The van der Waals surface area contributed by atoms with Gasteiger partial charge in [0.05, 0.1) is 30.3 Å². The molecule has 0 aliphatic heterocycles. The molecule has 0 atom stereocenters. The summed E-state index contributed by atoms with van der Waals surface area (Å²) in [5.74, 6) is 2.58. The molecule has 1 heterocycles. The van der Waals surface area contributed by atoms with Gasteiger partial charge in [-0.25, -0.2) is 9.97 Å². The first kappa shape index (κ1) is 17.9. The van der Waals surface area contributed by atoms with E-state index in [4.69, 9.17) is 31.5 Å². The van der Waals surface area contributed by atoms with E-state index in [1.807, 2.05) is 0 Å². The van der Waals surface area contributed by atoms with E-state index in [0.717, 1.165) is 6.42 Å². The molecule has 1 aromatic heterocycles. The van der Waals surface area contributed by atoms with Crippen LogP contribution in [-0.4, -0.2) is 29.6 Å². The van der Waals surface area contributed by atoms with Gasteiger partial charge in [-0.1, -0.05) is 6.58 Å². The molecule has 2 aromatic rings. The van der Waals surface area contributed by atoms with Crippen molar-refractivity contribution in [2.75, 3.05) is 19.6 Å². The van der Waals surface area contributed by atoms with Gasteiger partial charge in [-0.2, -0.15) is 0 Å². The van der Waals surface area contributed by atoms with Gasteiger partial charge in [0, 0.05) is 11.9 Å². The predicted octanol–water partition coefficient (Wildman–Crippen LogP) is 3.40. The van der Waals surface area contributed by atoms with Crippen LogP contribution in [0.1, 0.15) is 13.3 Å². The summed E-state index contributed by atoms with van der Waals surface area (Å²) < 4.78 is 16.8. The largest absolute Gasteiger partial charge is 0.493 e. The molecular weight excluding hydrogens is 330 g/mol. The van der Waals surface area contributed by atoms with Crippen molar-refractivity contribution in [3.05, 3.63) is 42.6 Å². The Morgan fingerprint density at radius 2 is 2.12 bits per heavy atom. The fraction of sp³-hybridized carbons (Fsp3) is 0.294. The van der Waals surface area contributed by atoms with Crippen LogP contribution >= 0.6 is 11.6 Å². The number of methoxy groups -OCH3 is 1. The fourth-order valence-electron chi connectivity index (χ4n) is 1.98. The van der Waals surface area contributed by atoms with E-state index in [9.17, 15) is 0 Å². The molecule has 0 saturated heterocycles. The number of rotatable bonds is 8. The second kappa shape index (κ2) is 8.40. The van der Waals surface area contributed by atoms with Gasteiger partial charge in [0.2, 0.25) is 5.88 Å². The number of halogens is 1. The van der Waals surface area contributed by atoms with Crippen molar-refractivity contribution in [2.45, 2.75) is 13.3 Å². The Bertz CT molecular complexity index is 762. The molecule has 0 amide bonds. The van der Waals surface area contributed by atoms with Crippen LogP contribution < -0.4 is 19.9 Å². The van der Waals surface area contributed by atoms with E-state index in [0.29, 0.717) is 52.2 Å². The highest BCUT2D eigenvalue weighted by molar-refractivity contribution is 6.17. The van der Waals surface area contributed by atoms with E-state index in [1.54, 1.807) is 26.2 Å². The number of nitrogens with two attached hydrogens (primary N) is 1. The number of hydrogen-bond acceptors (Lipinski definition) is 6. The van der Waals surface area contributed by atoms with Crippen LogP contribution in [0.2, 0.25) is 0 Å². The molecule has 0 saturated carbocycles. The lowest BCUT2D eigenvalue weighted by atomic mass is 10.2. The maximum absolute atomic E-state index is 5.79. The zero-order chi connectivity index (χ0) is 17.5. The highest BCUT2D eigenvalue weighted by Gasteiger charge is 2.13. The molecule has 128 valence electrons. The minimum atomic E-state index is 0.382. The monoisotopic (exact) mass is 349 g/mol. The third kappa shape index (κ3) is 4.08. The van der Waals surface area contributed by atoms with Gasteiger partial charge in [-0.3, -0.25) is 0 Å². The number of aromatic nitrogens is 2. The van der Waals surface area contributed by atoms with Gasteiger partial charge in [0.1, 0.15) is 12.1 Å². The first-order valence-electron chi connectivity index (χ1n) is 7.38. The standard InChI is InChI=1S/C17H20ClN3O3/c1-4-13(19)11(2)24-17-12-8-15(22-3)16(23-7-5-6-18)9-14(12)20-10-21-17/h4,8-10H,1,5-7,19H2,2-3H3/b13-11+. The summed E-state index contributed by atoms with van der Waals surface area (Å²) in [5, 5.41) is 0.690. The van der Waals surface area contributed by atoms with E-state index >= 15 is 0 Å². The molecule has 2 N–H and O–H groups in total. The normalized spacial score (nSPS) is 11.8. The van der Waals surface area contributed by atoms with Crippen molar-refractivity contribution >= 4 is 22.5 Å². The van der Waals surface area contributed by atoms with Crippen molar-refractivity contribution in [2.24, 2.45) is 5.73 Å². The summed E-state index contributed by atoms with van der Waals surface area (Å²) in [6.45, 7) is 5.86. The van der Waals surface area contributed by atoms with Crippen molar-refractivity contribution in [3.63, 3.8) is 0 Å². The smallest absolute Gasteiger partial charge is 0.229 e. The summed E-state index contributed by atoms with van der Waals surface area (Å²) in [5.41, 5.74) is 6.91. The van der Waals surface area contributed by atoms with Gasteiger partial charge in [-0.05, 0) is 25.5 Å². The Balaban J connectivity index is 2.43. The van der Waals surface area contributed by atoms with E-state index in [-0.39, 0.29) is 0 Å². The van der Waals surface area contributed by atoms with Crippen LogP contribution in [0.4, 0.5) is 0 Å². The maximum Gasteiger partial charge on any atom is 0.229 e. The van der Waals surface area contributed by atoms with Crippen molar-refractivity contribution in [1.82, 2.24) is 9.97 Å². The molecule has 0 radical (unpaired) electrons. The van der Waals surface area contributed by atoms with Gasteiger partial charge >= 0.3 is 0 Å². The number of nitrogens with zero attached hydrogens (tertiary/aromatic N) is 2. The number of hydrogen-bond donors (Lipinski definition) is 1. The first-order valence-corrected chi connectivity index (χ1v) is 7.92. The summed E-state index contributed by atoms with van der Waals surface area (Å²) in [7, 11) is 1.57. The topological polar surface area (TPSA) is 79.5 Å². The number of benzene rings is 1. The van der Waals surface area contributed by atoms with Crippen molar-refractivity contribution in [3.8, 4) is 17.4 Å². The molecule has 7 heteroatoms. The molecule has 0 spiro atoms. The molecule has 0 unspecified atom stereocenters. The summed E-state index contributed by atoms with van der Waals surface area (Å²) in [6.07, 6.45) is 3.68. The third-order valence-corrected chi connectivity index (χ3v) is 3.56. The Morgan fingerprint density at radius 3 is 2.79 bits per heavy atom. The lowest BCUT2D eigenvalue weighted by molar-refractivity contribution is 0.295. The minimum absolute atomic E-state index is 0.382. The molecule has 0 bridgehead atoms. The van der Waals surface area contributed by atoms with Gasteiger partial charge < -0.3 is 19.9 Å². The fourth-order valence-corrected chi connectivity index (χ4v) is 2.09. The van der Waals surface area contributed by atoms with E-state index in [1.165, 1.54) is 12.4 Å². The van der Waals surface area contributed by atoms with Crippen molar-refractivity contribution < 1.29 is 14.2 Å². The first-order chi connectivity index (χ1) is 11.6. The summed E-state index contributed by atoms with van der Waals surface area (Å²) in [4.78, 5) is 8.43. The Labute approximate surface area is 145 Å². The predicted molar refractivity (Wildman–Crippen MR) is 94.6 cm³/mol. The third-order valence-electron chi connectivity index (χ3n) is 3.30. The Kier molecular flexibility index (Phi) is 6.26. The minimum Gasteiger partial charge on any atom is -0.493 e.